The second-order valence-corrected chi connectivity index (χ2v) is 7.92. The number of ether oxygens (including phenoxy) is 3. The van der Waals surface area contributed by atoms with Gasteiger partial charge >= 0.3 is 0 Å². The molecular formula is C24H30N2O4. The van der Waals surface area contributed by atoms with Gasteiger partial charge in [0.25, 0.3) is 0 Å². The third-order valence-electron chi connectivity index (χ3n) is 6.13. The molecule has 1 N–H and O–H groups in total. The molecule has 6 heteroatoms. The van der Waals surface area contributed by atoms with Crippen LogP contribution in [0.5, 0.6) is 17.2 Å². The number of carbonyl (C=O) groups excluding carboxylic acids is 1. The molecule has 2 fully saturated rings. The van der Waals surface area contributed by atoms with Gasteiger partial charge in [0.15, 0.2) is 11.5 Å². The van der Waals surface area contributed by atoms with Crippen LogP contribution in [-0.4, -0.2) is 49.8 Å². The first kappa shape index (κ1) is 20.7. The van der Waals surface area contributed by atoms with Crippen LogP contribution in [0.4, 0.5) is 5.69 Å². The molecule has 0 bridgehead atoms. The van der Waals surface area contributed by atoms with Gasteiger partial charge in [-0.2, -0.15) is 0 Å². The Morgan fingerprint density at radius 1 is 0.967 bits per heavy atom. The van der Waals surface area contributed by atoms with Crippen LogP contribution >= 0.6 is 0 Å². The number of methoxy groups -OCH3 is 1. The Morgan fingerprint density at radius 2 is 1.63 bits per heavy atom. The van der Waals surface area contributed by atoms with Gasteiger partial charge in [0.05, 0.1) is 20.3 Å². The summed E-state index contributed by atoms with van der Waals surface area (Å²) >= 11 is 0. The number of benzene rings is 2. The number of hydrogen-bond acceptors (Lipinski definition) is 5. The molecule has 1 saturated heterocycles. The van der Waals surface area contributed by atoms with Crippen LogP contribution in [0.25, 0.3) is 0 Å². The van der Waals surface area contributed by atoms with Crippen molar-refractivity contribution in [1.82, 2.24) is 4.90 Å². The molecule has 30 heavy (non-hydrogen) atoms. The van der Waals surface area contributed by atoms with Crippen molar-refractivity contribution in [3.8, 4) is 17.2 Å². The van der Waals surface area contributed by atoms with Crippen LogP contribution < -0.4 is 14.8 Å². The number of nitrogens with one attached hydrogen (secondary N) is 1. The number of rotatable bonds is 6. The van der Waals surface area contributed by atoms with E-state index in [0.717, 1.165) is 44.5 Å². The summed E-state index contributed by atoms with van der Waals surface area (Å²) in [5.74, 6) is 2.13. The zero-order chi connectivity index (χ0) is 20.8. The van der Waals surface area contributed by atoms with Crippen molar-refractivity contribution in [2.24, 2.45) is 0 Å². The molecule has 160 valence electrons. The summed E-state index contributed by atoms with van der Waals surface area (Å²) in [4.78, 5) is 15.7. The minimum absolute atomic E-state index is 0.0995. The Kier molecular flexibility index (Phi) is 6.55. The molecule has 1 aliphatic heterocycles. The fourth-order valence-electron chi connectivity index (χ4n) is 4.50. The lowest BCUT2D eigenvalue weighted by molar-refractivity contribution is -0.134. The van der Waals surface area contributed by atoms with Crippen LogP contribution in [0.1, 0.15) is 32.1 Å². The zero-order valence-corrected chi connectivity index (χ0v) is 17.6. The van der Waals surface area contributed by atoms with E-state index >= 15 is 0 Å². The van der Waals surface area contributed by atoms with Gasteiger partial charge in [-0.25, -0.2) is 0 Å². The molecule has 0 spiro atoms. The zero-order valence-electron chi connectivity index (χ0n) is 17.6. The highest BCUT2D eigenvalue weighted by Crippen LogP contribution is 2.36. The monoisotopic (exact) mass is 410 g/mol. The van der Waals surface area contributed by atoms with E-state index in [1.807, 2.05) is 48.5 Å². The van der Waals surface area contributed by atoms with E-state index in [1.165, 1.54) is 6.42 Å². The summed E-state index contributed by atoms with van der Waals surface area (Å²) in [5, 5.41) is 3.16. The number of hydrogen-bond donors (Lipinski definition) is 1. The maximum Gasteiger partial charge on any atom is 0.244 e. The summed E-state index contributed by atoms with van der Waals surface area (Å²) in [7, 11) is 1.62. The lowest BCUT2D eigenvalue weighted by Crippen LogP contribution is -2.60. The Bertz CT molecular complexity index is 841. The molecule has 0 aromatic heterocycles. The smallest absolute Gasteiger partial charge is 0.244 e. The fraction of sp³-hybridized carbons (Fsp3) is 0.458. The predicted octanol–water partition coefficient (Wildman–Crippen LogP) is 4.46. The first-order chi connectivity index (χ1) is 14.7. The normalized spacial score (nSPS) is 19.1. The molecule has 0 radical (unpaired) electrons. The predicted molar refractivity (Wildman–Crippen MR) is 116 cm³/mol. The average Bonchev–Trinajstić information content (AvgIpc) is 2.81. The first-order valence-corrected chi connectivity index (χ1v) is 10.8. The van der Waals surface area contributed by atoms with Gasteiger partial charge in [0.2, 0.25) is 5.91 Å². The largest absolute Gasteiger partial charge is 0.493 e. The van der Waals surface area contributed by atoms with Crippen molar-refractivity contribution in [3.05, 3.63) is 48.5 Å². The molecule has 1 aliphatic carbocycles. The van der Waals surface area contributed by atoms with Crippen LogP contribution in [0.2, 0.25) is 0 Å². The Balaban J connectivity index is 1.45. The highest BCUT2D eigenvalue weighted by molar-refractivity contribution is 5.98. The lowest BCUT2D eigenvalue weighted by Gasteiger charge is -2.46. The second-order valence-electron chi connectivity index (χ2n) is 7.92. The molecule has 0 atom stereocenters. The van der Waals surface area contributed by atoms with E-state index in [0.29, 0.717) is 30.5 Å². The number of nitrogens with zero attached hydrogens (tertiary/aromatic N) is 1. The van der Waals surface area contributed by atoms with Crippen LogP contribution in [-0.2, 0) is 9.53 Å². The third-order valence-corrected chi connectivity index (χ3v) is 6.13. The van der Waals surface area contributed by atoms with Gasteiger partial charge in [0, 0.05) is 18.8 Å². The van der Waals surface area contributed by atoms with Crippen LogP contribution in [0, 0.1) is 0 Å². The summed E-state index contributed by atoms with van der Waals surface area (Å²) < 4.78 is 16.8. The number of anilines is 1. The standard InChI is InChI=1S/C24H30N2O4/c1-28-21-7-3-4-8-22(21)30-20-11-9-19(10-12-20)25-23(27)24(13-5-2-6-14-24)26-15-17-29-18-16-26/h3-4,7-12H,2,5-6,13-18H2,1H3,(H,25,27). The molecular weight excluding hydrogens is 380 g/mol. The SMILES string of the molecule is COc1ccccc1Oc1ccc(NC(=O)C2(N3CCOCC3)CCCCC2)cc1. The summed E-state index contributed by atoms with van der Waals surface area (Å²) in [6, 6.07) is 15.0. The van der Waals surface area contributed by atoms with E-state index < -0.39 is 5.54 Å². The Morgan fingerprint density at radius 3 is 2.30 bits per heavy atom. The third kappa shape index (κ3) is 4.45. The number of morpholine rings is 1. The van der Waals surface area contributed by atoms with Gasteiger partial charge in [-0.05, 0) is 49.2 Å². The quantitative estimate of drug-likeness (QED) is 0.762. The van der Waals surface area contributed by atoms with Crippen molar-refractivity contribution < 1.29 is 19.0 Å². The van der Waals surface area contributed by atoms with E-state index in [9.17, 15) is 4.79 Å². The van der Waals surface area contributed by atoms with Crippen molar-refractivity contribution in [2.75, 3.05) is 38.7 Å². The lowest BCUT2D eigenvalue weighted by atomic mass is 9.79. The Labute approximate surface area is 178 Å². The van der Waals surface area contributed by atoms with Crippen molar-refractivity contribution in [1.29, 1.82) is 0 Å². The molecule has 2 aromatic rings. The average molecular weight is 411 g/mol. The van der Waals surface area contributed by atoms with Crippen molar-refractivity contribution in [3.63, 3.8) is 0 Å². The molecule has 2 aliphatic rings. The Hall–Kier alpha value is -2.57. The first-order valence-electron chi connectivity index (χ1n) is 10.8. The van der Waals surface area contributed by atoms with E-state index in [4.69, 9.17) is 14.2 Å². The van der Waals surface area contributed by atoms with Gasteiger partial charge in [0.1, 0.15) is 11.3 Å². The minimum Gasteiger partial charge on any atom is -0.493 e. The molecule has 1 amide bonds. The van der Waals surface area contributed by atoms with Gasteiger partial charge < -0.3 is 19.5 Å². The topological polar surface area (TPSA) is 60.0 Å². The number of carbonyl (C=O) groups is 1. The molecule has 1 heterocycles. The summed E-state index contributed by atoms with van der Waals surface area (Å²) in [6.07, 6.45) is 5.21. The van der Waals surface area contributed by atoms with Gasteiger partial charge in [-0.3, -0.25) is 9.69 Å². The van der Waals surface area contributed by atoms with Gasteiger partial charge in [-0.1, -0.05) is 31.4 Å². The summed E-state index contributed by atoms with van der Waals surface area (Å²) in [5.41, 5.74) is 0.361. The van der Waals surface area contributed by atoms with Crippen LogP contribution in [0.3, 0.4) is 0 Å². The minimum atomic E-state index is -0.422. The second kappa shape index (κ2) is 9.49. The fourth-order valence-corrected chi connectivity index (χ4v) is 4.50. The highest BCUT2D eigenvalue weighted by atomic mass is 16.5. The number of amides is 1. The number of para-hydroxylation sites is 2. The van der Waals surface area contributed by atoms with Gasteiger partial charge in [-0.15, -0.1) is 0 Å². The van der Waals surface area contributed by atoms with E-state index in [-0.39, 0.29) is 5.91 Å². The van der Waals surface area contributed by atoms with Crippen LogP contribution in [0.15, 0.2) is 48.5 Å². The van der Waals surface area contributed by atoms with E-state index in [2.05, 4.69) is 10.2 Å². The summed E-state index contributed by atoms with van der Waals surface area (Å²) in [6.45, 7) is 3.03. The molecule has 4 rings (SSSR count). The molecule has 1 saturated carbocycles. The highest BCUT2D eigenvalue weighted by Gasteiger charge is 2.45. The van der Waals surface area contributed by atoms with E-state index in [1.54, 1.807) is 7.11 Å². The molecule has 2 aromatic carbocycles. The maximum atomic E-state index is 13.4. The van der Waals surface area contributed by atoms with Crippen molar-refractivity contribution >= 4 is 11.6 Å². The maximum absolute atomic E-state index is 13.4. The molecule has 6 nitrogen and oxygen atoms in total. The molecule has 0 unspecified atom stereocenters. The van der Waals surface area contributed by atoms with Crippen molar-refractivity contribution in [2.45, 2.75) is 37.6 Å².